The second-order valence-electron chi connectivity index (χ2n) is 1.76. The fraction of sp³-hybridized carbons (Fsp3) is 0.500. The zero-order chi connectivity index (χ0) is 9.78. The maximum absolute atomic E-state index is 11.5. The Labute approximate surface area is 94.9 Å². The number of allylic oxidation sites excluding steroid dienone is 1. The molecule has 0 N–H and O–H groups in total. The smallest absolute Gasteiger partial charge is 0.869 e. The van der Waals surface area contributed by atoms with Gasteiger partial charge in [0, 0.05) is 6.08 Å². The van der Waals surface area contributed by atoms with Crippen LogP contribution >= 0.6 is 0 Å². The molecule has 0 aromatic heterocycles. The van der Waals surface area contributed by atoms with Crippen LogP contribution in [0.3, 0.4) is 0 Å². The van der Waals surface area contributed by atoms with Gasteiger partial charge in [-0.25, -0.2) is 4.79 Å². The predicted molar refractivity (Wildman–Crippen MR) is 30.8 cm³/mol. The molecule has 0 saturated carbocycles. The van der Waals surface area contributed by atoms with E-state index in [2.05, 4.69) is 4.74 Å². The molecule has 0 saturated heterocycles. The van der Waals surface area contributed by atoms with Crippen molar-refractivity contribution in [2.24, 2.45) is 0 Å². The Kier molecular flexibility index (Phi) is 7.39. The first-order valence-corrected chi connectivity index (χ1v) is 3.00. The molecule has 7 heteroatoms. The zero-order valence-electron chi connectivity index (χ0n) is 7.14. The molecule has 0 bridgehead atoms. The van der Waals surface area contributed by atoms with E-state index in [0.29, 0.717) is 0 Å². The van der Waals surface area contributed by atoms with E-state index in [1.807, 2.05) is 0 Å². The van der Waals surface area contributed by atoms with Crippen molar-refractivity contribution in [3.63, 3.8) is 0 Å². The molecule has 0 aromatic rings. The van der Waals surface area contributed by atoms with Crippen LogP contribution in [0.25, 0.3) is 0 Å². The van der Waals surface area contributed by atoms with Crippen molar-refractivity contribution in [3.8, 4) is 0 Å². The van der Waals surface area contributed by atoms with Gasteiger partial charge >= 0.3 is 41.7 Å². The van der Waals surface area contributed by atoms with Crippen molar-refractivity contribution in [3.05, 3.63) is 11.8 Å². The molecule has 0 unspecified atom stereocenters. The van der Waals surface area contributed by atoms with E-state index in [1.54, 1.807) is 0 Å². The van der Waals surface area contributed by atoms with Crippen LogP contribution in [0.2, 0.25) is 0 Å². The molecule has 0 aliphatic rings. The summed E-state index contributed by atoms with van der Waals surface area (Å²) in [5.74, 6) is -3.49. The molecule has 3 nitrogen and oxygen atoms in total. The molecule has 70 valence electrons. The Morgan fingerprint density at radius 1 is 1.54 bits per heavy atom. The fourth-order valence-corrected chi connectivity index (χ4v) is 0.373. The van der Waals surface area contributed by atoms with Crippen molar-refractivity contribution in [1.29, 1.82) is 0 Å². The number of esters is 1. The Hall–Kier alpha value is -0.200. The summed E-state index contributed by atoms with van der Waals surface area (Å²) in [4.78, 5) is 10.3. The van der Waals surface area contributed by atoms with Crippen LogP contribution in [0.5, 0.6) is 0 Å². The van der Waals surface area contributed by atoms with Gasteiger partial charge in [0.05, 0.1) is 6.61 Å². The molecule has 0 atom stereocenters. The molecule has 0 aliphatic heterocycles. The number of rotatable bonds is 2. The molecule has 0 fully saturated rings. The standard InChI is InChI=1S/C6H7F3O3.Na/c1-2-12-5(11)3-4(10)6(7,8)9;/h3,10H,2H2,1H3;/q;+1/p-1/b4-3-;. The minimum Gasteiger partial charge on any atom is -0.869 e. The average Bonchev–Trinajstić information content (AvgIpc) is 1.85. The third-order valence-corrected chi connectivity index (χ3v) is 0.815. The van der Waals surface area contributed by atoms with Gasteiger partial charge in [0.25, 0.3) is 0 Å². The second kappa shape index (κ2) is 6.28. The van der Waals surface area contributed by atoms with Gasteiger partial charge in [-0.05, 0) is 12.7 Å². The molecular formula is C6H6F3NaO3. The number of hydrogen-bond acceptors (Lipinski definition) is 3. The monoisotopic (exact) mass is 206 g/mol. The number of hydrogen-bond donors (Lipinski definition) is 0. The number of carbonyl (C=O) groups excluding carboxylic acids is 1. The van der Waals surface area contributed by atoms with Crippen LogP contribution in [-0.4, -0.2) is 18.8 Å². The van der Waals surface area contributed by atoms with Gasteiger partial charge in [-0.3, -0.25) is 0 Å². The van der Waals surface area contributed by atoms with E-state index >= 15 is 0 Å². The molecule has 0 heterocycles. The first-order chi connectivity index (χ1) is 5.38. The van der Waals surface area contributed by atoms with Gasteiger partial charge in [-0.1, -0.05) is 0 Å². The number of ether oxygens (including phenoxy) is 1. The molecule has 13 heavy (non-hydrogen) atoms. The summed E-state index contributed by atoms with van der Waals surface area (Å²) in [5.41, 5.74) is 0. The quantitative estimate of drug-likeness (QED) is 0.215. The van der Waals surface area contributed by atoms with Crippen LogP contribution in [-0.2, 0) is 9.53 Å². The Morgan fingerprint density at radius 3 is 2.31 bits per heavy atom. The van der Waals surface area contributed by atoms with Crippen LogP contribution < -0.4 is 34.7 Å². The first kappa shape index (κ1) is 15.3. The Morgan fingerprint density at radius 2 is 2.00 bits per heavy atom. The summed E-state index contributed by atoms with van der Waals surface area (Å²) < 4.78 is 38.5. The zero-order valence-corrected chi connectivity index (χ0v) is 9.14. The summed E-state index contributed by atoms with van der Waals surface area (Å²) in [5, 5.41) is 10.1. The fourth-order valence-electron chi connectivity index (χ4n) is 0.373. The Balaban J connectivity index is 0. The van der Waals surface area contributed by atoms with Crippen LogP contribution in [0, 0.1) is 0 Å². The topological polar surface area (TPSA) is 49.4 Å². The van der Waals surface area contributed by atoms with Gasteiger partial charge in [0.1, 0.15) is 0 Å². The maximum atomic E-state index is 11.5. The van der Waals surface area contributed by atoms with Gasteiger partial charge < -0.3 is 9.84 Å². The van der Waals surface area contributed by atoms with Gasteiger partial charge in [0.15, 0.2) is 0 Å². The van der Waals surface area contributed by atoms with Crippen molar-refractivity contribution in [1.82, 2.24) is 0 Å². The Bertz CT molecular complexity index is 200. The van der Waals surface area contributed by atoms with Crippen molar-refractivity contribution >= 4 is 5.97 Å². The minimum atomic E-state index is -5.01. The molecule has 0 aliphatic carbocycles. The van der Waals surface area contributed by atoms with E-state index < -0.39 is 17.9 Å². The van der Waals surface area contributed by atoms with E-state index in [-0.39, 0.29) is 42.2 Å². The van der Waals surface area contributed by atoms with E-state index in [9.17, 15) is 23.1 Å². The van der Waals surface area contributed by atoms with Crippen molar-refractivity contribution in [2.75, 3.05) is 6.61 Å². The van der Waals surface area contributed by atoms with Crippen LogP contribution in [0.15, 0.2) is 11.8 Å². The molecule has 0 rings (SSSR count). The van der Waals surface area contributed by atoms with Crippen LogP contribution in [0.1, 0.15) is 6.92 Å². The number of carbonyl (C=O) groups is 1. The summed E-state index contributed by atoms with van der Waals surface area (Å²) in [7, 11) is 0. The summed E-state index contributed by atoms with van der Waals surface area (Å²) in [6, 6.07) is 0. The summed E-state index contributed by atoms with van der Waals surface area (Å²) in [6.45, 7) is 1.35. The summed E-state index contributed by atoms with van der Waals surface area (Å²) >= 11 is 0. The van der Waals surface area contributed by atoms with Gasteiger partial charge in [-0.2, -0.15) is 13.2 Å². The van der Waals surface area contributed by atoms with Crippen molar-refractivity contribution in [2.45, 2.75) is 13.1 Å². The SMILES string of the molecule is CCOC(=O)/C=C(\[O-])C(F)(F)F.[Na+]. The number of alkyl halides is 3. The number of halogens is 3. The largest absolute Gasteiger partial charge is 1.00 e. The van der Waals surface area contributed by atoms with Crippen molar-refractivity contribution < 1.29 is 57.4 Å². The summed E-state index contributed by atoms with van der Waals surface area (Å²) in [6.07, 6.45) is -5.13. The van der Waals surface area contributed by atoms with Crippen LogP contribution in [0.4, 0.5) is 13.2 Å². The molecule has 0 spiro atoms. The molecular weight excluding hydrogens is 200 g/mol. The third kappa shape index (κ3) is 6.92. The van der Waals surface area contributed by atoms with E-state index in [1.165, 1.54) is 6.92 Å². The second-order valence-corrected chi connectivity index (χ2v) is 1.76. The molecule has 0 aromatic carbocycles. The molecule has 0 amide bonds. The van der Waals surface area contributed by atoms with E-state index in [4.69, 9.17) is 0 Å². The maximum Gasteiger partial charge on any atom is 1.00 e. The predicted octanol–water partition coefficient (Wildman–Crippen LogP) is -2.64. The third-order valence-electron chi connectivity index (χ3n) is 0.815. The van der Waals surface area contributed by atoms with E-state index in [0.717, 1.165) is 0 Å². The van der Waals surface area contributed by atoms with Gasteiger partial charge in [0.2, 0.25) is 0 Å². The normalized spacial score (nSPS) is 11.8. The molecule has 0 radical (unpaired) electrons. The average molecular weight is 206 g/mol. The van der Waals surface area contributed by atoms with Gasteiger partial charge in [-0.15, -0.1) is 0 Å². The first-order valence-electron chi connectivity index (χ1n) is 3.00. The minimum absolute atomic E-state index is 0.